The largest absolute Gasteiger partial charge is 0.488 e. The van der Waals surface area contributed by atoms with Crippen molar-refractivity contribution < 1.29 is 14.6 Å². The first-order chi connectivity index (χ1) is 9.70. The molecular weight excluding hydrogens is 322 g/mol. The average Bonchev–Trinajstić information content (AvgIpc) is 2.84. The number of aliphatic hydroxyl groups is 1. The van der Waals surface area contributed by atoms with Crippen molar-refractivity contribution in [1.82, 2.24) is 5.32 Å². The Hall–Kier alpha value is -0.620. The van der Waals surface area contributed by atoms with Gasteiger partial charge in [-0.05, 0) is 43.0 Å². The molecule has 112 valence electrons. The minimum absolute atomic E-state index is 0.0644. The van der Waals surface area contributed by atoms with E-state index in [2.05, 4.69) is 21.2 Å². The lowest BCUT2D eigenvalue weighted by atomic mass is 10.2. The van der Waals surface area contributed by atoms with Gasteiger partial charge in [-0.3, -0.25) is 0 Å². The molecule has 0 aromatic heterocycles. The van der Waals surface area contributed by atoms with Gasteiger partial charge in [0.2, 0.25) is 0 Å². The predicted octanol–water partition coefficient (Wildman–Crippen LogP) is 2.48. The van der Waals surface area contributed by atoms with Crippen LogP contribution in [0.15, 0.2) is 22.7 Å². The summed E-state index contributed by atoms with van der Waals surface area (Å²) < 4.78 is 12.0. The van der Waals surface area contributed by atoms with E-state index in [-0.39, 0.29) is 12.2 Å². The number of aliphatic hydroxyl groups excluding tert-OH is 1. The first-order valence-corrected chi connectivity index (χ1v) is 7.83. The van der Waals surface area contributed by atoms with E-state index >= 15 is 0 Å². The second kappa shape index (κ2) is 7.98. The van der Waals surface area contributed by atoms with Gasteiger partial charge < -0.3 is 19.9 Å². The fourth-order valence-electron chi connectivity index (χ4n) is 2.38. The van der Waals surface area contributed by atoms with Crippen molar-refractivity contribution in [2.45, 2.75) is 38.0 Å². The molecule has 0 heterocycles. The number of benzene rings is 1. The van der Waals surface area contributed by atoms with Gasteiger partial charge in [-0.1, -0.05) is 15.9 Å². The Morgan fingerprint density at radius 1 is 1.40 bits per heavy atom. The Bertz CT molecular complexity index is 428. The Morgan fingerprint density at radius 3 is 2.95 bits per heavy atom. The van der Waals surface area contributed by atoms with Gasteiger partial charge in [-0.15, -0.1) is 0 Å². The van der Waals surface area contributed by atoms with Crippen molar-refractivity contribution >= 4 is 15.9 Å². The van der Waals surface area contributed by atoms with Crippen molar-refractivity contribution in [2.75, 3.05) is 20.3 Å². The number of nitrogens with one attached hydrogen (secondary N) is 1. The molecule has 2 unspecified atom stereocenters. The lowest BCUT2D eigenvalue weighted by Crippen LogP contribution is -2.25. The third-order valence-corrected chi connectivity index (χ3v) is 4.29. The Labute approximate surface area is 128 Å². The number of hydrogen-bond donors (Lipinski definition) is 2. The minimum Gasteiger partial charge on any atom is -0.488 e. The molecule has 1 aliphatic carbocycles. The third-order valence-electron chi connectivity index (χ3n) is 3.52. The van der Waals surface area contributed by atoms with Crippen molar-refractivity contribution in [3.63, 3.8) is 0 Å². The Morgan fingerprint density at radius 2 is 2.25 bits per heavy atom. The lowest BCUT2D eigenvalue weighted by molar-refractivity contribution is 0.0603. The highest BCUT2D eigenvalue weighted by molar-refractivity contribution is 9.10. The molecule has 20 heavy (non-hydrogen) atoms. The second-order valence-electron chi connectivity index (χ2n) is 5.08. The molecule has 4 nitrogen and oxygen atoms in total. The number of ether oxygens (including phenoxy) is 2. The van der Waals surface area contributed by atoms with Gasteiger partial charge in [0.05, 0.1) is 12.7 Å². The number of rotatable bonds is 7. The van der Waals surface area contributed by atoms with Crippen LogP contribution in [0, 0.1) is 0 Å². The number of hydrogen-bond acceptors (Lipinski definition) is 4. The maximum absolute atomic E-state index is 9.81. The van der Waals surface area contributed by atoms with Gasteiger partial charge >= 0.3 is 0 Å². The molecule has 1 saturated carbocycles. The van der Waals surface area contributed by atoms with Crippen LogP contribution in [0.1, 0.15) is 24.8 Å². The van der Waals surface area contributed by atoms with Gasteiger partial charge in [0.15, 0.2) is 0 Å². The van der Waals surface area contributed by atoms with Crippen LogP contribution >= 0.6 is 15.9 Å². The van der Waals surface area contributed by atoms with Crippen molar-refractivity contribution in [3.8, 4) is 5.75 Å². The molecule has 0 spiro atoms. The molecule has 2 rings (SSSR count). The molecule has 0 saturated heterocycles. The highest BCUT2D eigenvalue weighted by atomic mass is 79.9. The minimum atomic E-state index is -0.332. The molecule has 1 fully saturated rings. The molecule has 0 bridgehead atoms. The summed E-state index contributed by atoms with van der Waals surface area (Å²) >= 11 is 3.55. The zero-order valence-electron chi connectivity index (χ0n) is 11.8. The topological polar surface area (TPSA) is 50.7 Å². The van der Waals surface area contributed by atoms with Crippen LogP contribution in [0.2, 0.25) is 0 Å². The standard InChI is InChI=1S/C15H22BrNO3/c1-19-8-7-17-10-11-9-12(5-6-13(11)16)20-15-4-2-3-14(15)18/h5-6,9,14-15,17-18H,2-4,7-8,10H2,1H3. The SMILES string of the molecule is COCCNCc1cc(OC2CCCC2O)ccc1Br. The molecule has 0 amide bonds. The van der Waals surface area contributed by atoms with Crippen LogP contribution in [0.4, 0.5) is 0 Å². The second-order valence-corrected chi connectivity index (χ2v) is 5.93. The van der Waals surface area contributed by atoms with Crippen LogP contribution in [0.3, 0.4) is 0 Å². The Balaban J connectivity index is 1.93. The fraction of sp³-hybridized carbons (Fsp3) is 0.600. The van der Waals surface area contributed by atoms with E-state index in [1.165, 1.54) is 0 Å². The van der Waals surface area contributed by atoms with E-state index in [1.807, 2.05) is 18.2 Å². The quantitative estimate of drug-likeness (QED) is 0.747. The smallest absolute Gasteiger partial charge is 0.124 e. The van der Waals surface area contributed by atoms with E-state index in [9.17, 15) is 5.11 Å². The molecule has 1 aromatic rings. The normalized spacial score (nSPS) is 22.1. The number of halogens is 1. The summed E-state index contributed by atoms with van der Waals surface area (Å²) in [5.41, 5.74) is 1.14. The van der Waals surface area contributed by atoms with Crippen LogP contribution in [0.5, 0.6) is 5.75 Å². The monoisotopic (exact) mass is 343 g/mol. The van der Waals surface area contributed by atoms with Gasteiger partial charge in [-0.25, -0.2) is 0 Å². The summed E-state index contributed by atoms with van der Waals surface area (Å²) in [6.45, 7) is 2.27. The molecule has 2 atom stereocenters. The van der Waals surface area contributed by atoms with Gasteiger partial charge in [-0.2, -0.15) is 0 Å². The first-order valence-electron chi connectivity index (χ1n) is 7.03. The maximum Gasteiger partial charge on any atom is 0.124 e. The zero-order valence-corrected chi connectivity index (χ0v) is 13.4. The fourth-order valence-corrected chi connectivity index (χ4v) is 2.76. The predicted molar refractivity (Wildman–Crippen MR) is 82.0 cm³/mol. The summed E-state index contributed by atoms with van der Waals surface area (Å²) in [7, 11) is 1.69. The highest BCUT2D eigenvalue weighted by Crippen LogP contribution is 2.27. The number of methoxy groups -OCH3 is 1. The van der Waals surface area contributed by atoms with E-state index in [0.717, 1.165) is 48.1 Å². The summed E-state index contributed by atoms with van der Waals surface area (Å²) in [5, 5.41) is 13.1. The average molecular weight is 344 g/mol. The van der Waals surface area contributed by atoms with E-state index < -0.39 is 0 Å². The van der Waals surface area contributed by atoms with Crippen molar-refractivity contribution in [2.24, 2.45) is 0 Å². The summed E-state index contributed by atoms with van der Waals surface area (Å²) in [6, 6.07) is 5.95. The molecule has 0 aliphatic heterocycles. The molecular formula is C15H22BrNO3. The van der Waals surface area contributed by atoms with E-state index in [1.54, 1.807) is 7.11 Å². The molecule has 1 aromatic carbocycles. The van der Waals surface area contributed by atoms with Gasteiger partial charge in [0.25, 0.3) is 0 Å². The van der Waals surface area contributed by atoms with Crippen LogP contribution in [-0.2, 0) is 11.3 Å². The molecule has 5 heteroatoms. The summed E-state index contributed by atoms with van der Waals surface area (Å²) in [5.74, 6) is 0.822. The van der Waals surface area contributed by atoms with E-state index in [0.29, 0.717) is 6.61 Å². The third kappa shape index (κ3) is 4.45. The van der Waals surface area contributed by atoms with Crippen molar-refractivity contribution in [1.29, 1.82) is 0 Å². The zero-order chi connectivity index (χ0) is 14.4. The highest BCUT2D eigenvalue weighted by Gasteiger charge is 2.26. The summed E-state index contributed by atoms with van der Waals surface area (Å²) in [4.78, 5) is 0. The Kier molecular flexibility index (Phi) is 6.29. The van der Waals surface area contributed by atoms with Crippen LogP contribution < -0.4 is 10.1 Å². The summed E-state index contributed by atoms with van der Waals surface area (Å²) in [6.07, 6.45) is 2.41. The van der Waals surface area contributed by atoms with Gasteiger partial charge in [0, 0.05) is 24.7 Å². The van der Waals surface area contributed by atoms with Crippen molar-refractivity contribution in [3.05, 3.63) is 28.2 Å². The molecule has 2 N–H and O–H groups in total. The van der Waals surface area contributed by atoms with E-state index in [4.69, 9.17) is 9.47 Å². The maximum atomic E-state index is 9.81. The molecule has 0 radical (unpaired) electrons. The van der Waals surface area contributed by atoms with Gasteiger partial charge in [0.1, 0.15) is 11.9 Å². The molecule has 1 aliphatic rings. The first kappa shape index (κ1) is 15.8. The van der Waals surface area contributed by atoms with Crippen LogP contribution in [-0.4, -0.2) is 37.6 Å². The lowest BCUT2D eigenvalue weighted by Gasteiger charge is -2.18. The van der Waals surface area contributed by atoms with Crippen LogP contribution in [0.25, 0.3) is 0 Å².